The second kappa shape index (κ2) is 3.15. The van der Waals surface area contributed by atoms with Crippen LogP contribution in [0.5, 0.6) is 0 Å². The lowest BCUT2D eigenvalue weighted by atomic mass is 9.82. The highest BCUT2D eigenvalue weighted by atomic mass is 16.7. The van der Waals surface area contributed by atoms with E-state index in [0.29, 0.717) is 5.92 Å². The molecule has 0 spiro atoms. The van der Waals surface area contributed by atoms with Crippen molar-refractivity contribution in [2.45, 2.75) is 25.4 Å². The normalized spacial score (nSPS) is 38.6. The van der Waals surface area contributed by atoms with Crippen molar-refractivity contribution < 1.29 is 14.6 Å². The monoisotopic (exact) mass is 194 g/mol. The standard InChI is InChI=1S/C11H14O3/c1-2-4-11-5-3-8(7-11)6-9(11)14-10(12)13/h2-3,5,8-9H,1,4,6-7H2,(H,12,13). The fourth-order valence-corrected chi connectivity index (χ4v) is 2.70. The van der Waals surface area contributed by atoms with E-state index in [4.69, 9.17) is 9.84 Å². The molecule has 0 aromatic rings. The van der Waals surface area contributed by atoms with Gasteiger partial charge < -0.3 is 9.84 Å². The maximum atomic E-state index is 10.5. The van der Waals surface area contributed by atoms with E-state index in [0.717, 1.165) is 19.3 Å². The molecule has 2 aliphatic rings. The summed E-state index contributed by atoms with van der Waals surface area (Å²) in [6.45, 7) is 3.71. The SMILES string of the molecule is C=CCC12C=CC(CC1OC(=O)O)C2. The summed E-state index contributed by atoms with van der Waals surface area (Å²) in [5, 5.41) is 8.61. The second-order valence-corrected chi connectivity index (χ2v) is 4.16. The van der Waals surface area contributed by atoms with Gasteiger partial charge in [-0.1, -0.05) is 18.2 Å². The van der Waals surface area contributed by atoms with Crippen molar-refractivity contribution in [2.75, 3.05) is 0 Å². The van der Waals surface area contributed by atoms with E-state index >= 15 is 0 Å². The predicted octanol–water partition coefficient (Wildman–Crippen LogP) is 2.59. The van der Waals surface area contributed by atoms with Crippen LogP contribution in [0.3, 0.4) is 0 Å². The van der Waals surface area contributed by atoms with Gasteiger partial charge in [-0.25, -0.2) is 4.79 Å². The molecule has 3 nitrogen and oxygen atoms in total. The molecule has 3 unspecified atom stereocenters. The maximum absolute atomic E-state index is 10.5. The summed E-state index contributed by atoms with van der Waals surface area (Å²) in [5.41, 5.74) is -0.0925. The number of carboxylic acid groups (broad SMARTS) is 1. The summed E-state index contributed by atoms with van der Waals surface area (Å²) in [6.07, 6.45) is 7.43. The zero-order valence-electron chi connectivity index (χ0n) is 7.98. The first-order valence-electron chi connectivity index (χ1n) is 4.86. The molecule has 0 aromatic carbocycles. The van der Waals surface area contributed by atoms with Crippen LogP contribution >= 0.6 is 0 Å². The third-order valence-electron chi connectivity index (χ3n) is 3.27. The average molecular weight is 194 g/mol. The minimum atomic E-state index is -1.17. The van der Waals surface area contributed by atoms with Gasteiger partial charge in [0, 0.05) is 5.41 Å². The van der Waals surface area contributed by atoms with Gasteiger partial charge in [-0.15, -0.1) is 6.58 Å². The van der Waals surface area contributed by atoms with Gasteiger partial charge in [-0.3, -0.25) is 0 Å². The zero-order chi connectivity index (χ0) is 10.2. The molecular weight excluding hydrogens is 180 g/mol. The first-order chi connectivity index (χ1) is 6.66. The Bertz CT molecular complexity index is 295. The third kappa shape index (κ3) is 1.33. The molecule has 3 atom stereocenters. The number of hydrogen-bond donors (Lipinski definition) is 1. The van der Waals surface area contributed by atoms with Gasteiger partial charge in [0.25, 0.3) is 0 Å². The molecule has 1 N–H and O–H groups in total. The van der Waals surface area contributed by atoms with Gasteiger partial charge >= 0.3 is 6.16 Å². The molecule has 1 saturated carbocycles. The highest BCUT2D eigenvalue weighted by molar-refractivity contribution is 5.57. The van der Waals surface area contributed by atoms with Crippen LogP contribution in [-0.4, -0.2) is 17.4 Å². The molecule has 0 saturated heterocycles. The summed E-state index contributed by atoms with van der Waals surface area (Å²) >= 11 is 0. The van der Waals surface area contributed by atoms with Crippen molar-refractivity contribution >= 4 is 6.16 Å². The van der Waals surface area contributed by atoms with Crippen molar-refractivity contribution in [1.82, 2.24) is 0 Å². The maximum Gasteiger partial charge on any atom is 0.506 e. The van der Waals surface area contributed by atoms with E-state index in [9.17, 15) is 4.79 Å². The van der Waals surface area contributed by atoms with E-state index < -0.39 is 6.16 Å². The molecule has 0 amide bonds. The first-order valence-corrected chi connectivity index (χ1v) is 4.86. The molecule has 2 aliphatic carbocycles. The Morgan fingerprint density at radius 3 is 3.14 bits per heavy atom. The minimum absolute atomic E-state index is 0.0925. The zero-order valence-corrected chi connectivity index (χ0v) is 7.98. The lowest BCUT2D eigenvalue weighted by Crippen LogP contribution is -2.31. The largest absolute Gasteiger partial charge is 0.506 e. The van der Waals surface area contributed by atoms with Crippen molar-refractivity contribution in [3.05, 3.63) is 24.8 Å². The molecule has 14 heavy (non-hydrogen) atoms. The second-order valence-electron chi connectivity index (χ2n) is 4.16. The minimum Gasteiger partial charge on any atom is -0.450 e. The van der Waals surface area contributed by atoms with Crippen LogP contribution in [0, 0.1) is 11.3 Å². The van der Waals surface area contributed by atoms with Crippen LogP contribution in [0.4, 0.5) is 4.79 Å². The lowest BCUT2D eigenvalue weighted by Gasteiger charge is -2.29. The Kier molecular flexibility index (Phi) is 2.10. The van der Waals surface area contributed by atoms with Gasteiger partial charge in [0.15, 0.2) is 0 Å². The van der Waals surface area contributed by atoms with Crippen LogP contribution in [-0.2, 0) is 4.74 Å². The van der Waals surface area contributed by atoms with Crippen LogP contribution < -0.4 is 0 Å². The van der Waals surface area contributed by atoms with Gasteiger partial charge in [0.2, 0.25) is 0 Å². The van der Waals surface area contributed by atoms with E-state index in [1.54, 1.807) is 0 Å². The number of fused-ring (bicyclic) bond motifs is 2. The fraction of sp³-hybridized carbons (Fsp3) is 0.545. The number of allylic oxidation sites excluding steroid dienone is 2. The Balaban J connectivity index is 2.15. The summed E-state index contributed by atoms with van der Waals surface area (Å²) in [7, 11) is 0. The summed E-state index contributed by atoms with van der Waals surface area (Å²) in [4.78, 5) is 10.5. The summed E-state index contributed by atoms with van der Waals surface area (Å²) in [6, 6.07) is 0. The van der Waals surface area contributed by atoms with E-state index in [1.165, 1.54) is 0 Å². The third-order valence-corrected chi connectivity index (χ3v) is 3.27. The van der Waals surface area contributed by atoms with Crippen LogP contribution in [0.2, 0.25) is 0 Å². The van der Waals surface area contributed by atoms with Gasteiger partial charge in [0.05, 0.1) is 0 Å². The number of carbonyl (C=O) groups is 1. The highest BCUT2D eigenvalue weighted by Gasteiger charge is 2.49. The highest BCUT2D eigenvalue weighted by Crippen LogP contribution is 2.52. The number of ether oxygens (including phenoxy) is 1. The topological polar surface area (TPSA) is 46.5 Å². The van der Waals surface area contributed by atoms with Crippen LogP contribution in [0.25, 0.3) is 0 Å². The van der Waals surface area contributed by atoms with Gasteiger partial charge in [-0.05, 0) is 25.2 Å². The van der Waals surface area contributed by atoms with Crippen molar-refractivity contribution in [3.8, 4) is 0 Å². The molecular formula is C11H14O3. The number of hydrogen-bond acceptors (Lipinski definition) is 2. The van der Waals surface area contributed by atoms with Gasteiger partial charge in [-0.2, -0.15) is 0 Å². The molecule has 3 heteroatoms. The molecule has 0 heterocycles. The van der Waals surface area contributed by atoms with Crippen molar-refractivity contribution in [1.29, 1.82) is 0 Å². The molecule has 76 valence electrons. The average Bonchev–Trinajstić information content (AvgIpc) is 2.61. The Morgan fingerprint density at radius 2 is 2.57 bits per heavy atom. The molecule has 0 aliphatic heterocycles. The molecule has 0 aromatic heterocycles. The van der Waals surface area contributed by atoms with E-state index in [1.807, 2.05) is 6.08 Å². The molecule has 2 bridgehead atoms. The van der Waals surface area contributed by atoms with Crippen molar-refractivity contribution in [2.24, 2.45) is 11.3 Å². The van der Waals surface area contributed by atoms with E-state index in [-0.39, 0.29) is 11.5 Å². The van der Waals surface area contributed by atoms with Crippen LogP contribution in [0.15, 0.2) is 24.8 Å². The summed E-state index contributed by atoms with van der Waals surface area (Å²) in [5.74, 6) is 0.499. The van der Waals surface area contributed by atoms with Gasteiger partial charge in [0.1, 0.15) is 6.10 Å². The quantitative estimate of drug-likeness (QED) is 0.554. The fourth-order valence-electron chi connectivity index (χ4n) is 2.70. The van der Waals surface area contributed by atoms with Crippen LogP contribution in [0.1, 0.15) is 19.3 Å². The smallest absolute Gasteiger partial charge is 0.450 e. The Morgan fingerprint density at radius 1 is 1.79 bits per heavy atom. The predicted molar refractivity (Wildman–Crippen MR) is 52.0 cm³/mol. The number of rotatable bonds is 3. The first kappa shape index (κ1) is 9.31. The molecule has 2 rings (SSSR count). The molecule has 1 fully saturated rings. The lowest BCUT2D eigenvalue weighted by molar-refractivity contribution is 0.0141. The van der Waals surface area contributed by atoms with Crippen molar-refractivity contribution in [3.63, 3.8) is 0 Å². The molecule has 0 radical (unpaired) electrons. The van der Waals surface area contributed by atoms with E-state index in [2.05, 4.69) is 18.7 Å². The summed E-state index contributed by atoms with van der Waals surface area (Å²) < 4.78 is 4.92. The Labute approximate surface area is 83.1 Å². The Hall–Kier alpha value is -1.25.